The second-order valence-electron chi connectivity index (χ2n) is 6.43. The van der Waals surface area contributed by atoms with Gasteiger partial charge in [0, 0.05) is 13.0 Å². The van der Waals surface area contributed by atoms with Gasteiger partial charge < -0.3 is 5.11 Å². The van der Waals surface area contributed by atoms with Gasteiger partial charge in [-0.2, -0.15) is 0 Å². The molecule has 1 saturated heterocycles. The maximum Gasteiger partial charge on any atom is 0.324 e. The van der Waals surface area contributed by atoms with Gasteiger partial charge in [0.25, 0.3) is 0 Å². The third kappa shape index (κ3) is 3.21. The summed E-state index contributed by atoms with van der Waals surface area (Å²) in [6.07, 6.45) is 2.87. The average molecular weight is 275 g/mol. The molecule has 1 fully saturated rings. The molecule has 2 rings (SSSR count). The summed E-state index contributed by atoms with van der Waals surface area (Å²) in [4.78, 5) is 14.0. The second kappa shape index (κ2) is 5.96. The van der Waals surface area contributed by atoms with Gasteiger partial charge in [0.15, 0.2) is 0 Å². The van der Waals surface area contributed by atoms with Crippen LogP contribution in [0.4, 0.5) is 0 Å². The third-order valence-electron chi connectivity index (χ3n) is 4.48. The van der Waals surface area contributed by atoms with Gasteiger partial charge in [-0.1, -0.05) is 36.8 Å². The molecule has 0 aromatic heterocycles. The van der Waals surface area contributed by atoms with E-state index in [9.17, 15) is 9.90 Å². The summed E-state index contributed by atoms with van der Waals surface area (Å²) in [5.74, 6) is -0.132. The summed E-state index contributed by atoms with van der Waals surface area (Å²) >= 11 is 0. The molecule has 0 spiro atoms. The molecule has 110 valence electrons. The Morgan fingerprint density at radius 3 is 2.60 bits per heavy atom. The Bertz CT molecular complexity index is 468. The third-order valence-corrected chi connectivity index (χ3v) is 4.48. The van der Waals surface area contributed by atoms with Crippen LogP contribution >= 0.6 is 0 Å². The molecule has 0 radical (unpaired) electrons. The van der Waals surface area contributed by atoms with Crippen LogP contribution in [0.25, 0.3) is 0 Å². The number of hydrogen-bond donors (Lipinski definition) is 1. The maximum absolute atomic E-state index is 11.9. The van der Waals surface area contributed by atoms with E-state index < -0.39 is 11.5 Å². The van der Waals surface area contributed by atoms with Crippen LogP contribution in [0.15, 0.2) is 24.3 Å². The Balaban J connectivity index is 2.20. The highest BCUT2D eigenvalue weighted by molar-refractivity contribution is 5.78. The SMILES string of the molecule is Cc1ccc(CC(C)(C(=O)O)N2CCCC(C)C2)cc1. The summed E-state index contributed by atoms with van der Waals surface area (Å²) in [6, 6.07) is 8.20. The molecule has 1 N–H and O–H groups in total. The van der Waals surface area contributed by atoms with Crippen molar-refractivity contribution < 1.29 is 9.90 Å². The lowest BCUT2D eigenvalue weighted by Crippen LogP contribution is -2.56. The quantitative estimate of drug-likeness (QED) is 0.918. The van der Waals surface area contributed by atoms with E-state index in [1.54, 1.807) is 0 Å². The monoisotopic (exact) mass is 275 g/mol. The summed E-state index contributed by atoms with van der Waals surface area (Å²) in [5.41, 5.74) is 1.50. The number of likely N-dealkylation sites (tertiary alicyclic amines) is 1. The van der Waals surface area contributed by atoms with Crippen LogP contribution in [0.5, 0.6) is 0 Å². The van der Waals surface area contributed by atoms with Gasteiger partial charge in [-0.3, -0.25) is 9.69 Å². The molecule has 2 unspecified atom stereocenters. The predicted octanol–water partition coefficient (Wildman–Crippen LogP) is 3.11. The van der Waals surface area contributed by atoms with E-state index in [0.717, 1.165) is 25.1 Å². The number of carbonyl (C=O) groups is 1. The van der Waals surface area contributed by atoms with Crippen molar-refractivity contribution in [3.63, 3.8) is 0 Å². The first-order valence-corrected chi connectivity index (χ1v) is 7.46. The molecule has 2 atom stereocenters. The molecule has 1 aromatic carbocycles. The first-order chi connectivity index (χ1) is 9.41. The summed E-state index contributed by atoms with van der Waals surface area (Å²) < 4.78 is 0. The zero-order chi connectivity index (χ0) is 14.8. The van der Waals surface area contributed by atoms with E-state index in [4.69, 9.17) is 0 Å². The average Bonchev–Trinajstić information content (AvgIpc) is 2.41. The molecular weight excluding hydrogens is 250 g/mol. The van der Waals surface area contributed by atoms with Gasteiger partial charge in [-0.25, -0.2) is 0 Å². The van der Waals surface area contributed by atoms with Crippen molar-refractivity contribution in [3.05, 3.63) is 35.4 Å². The fourth-order valence-electron chi connectivity index (χ4n) is 3.06. The Morgan fingerprint density at radius 1 is 1.40 bits per heavy atom. The van der Waals surface area contributed by atoms with E-state index in [1.165, 1.54) is 12.0 Å². The Kier molecular flexibility index (Phi) is 4.48. The zero-order valence-corrected chi connectivity index (χ0v) is 12.7. The van der Waals surface area contributed by atoms with Gasteiger partial charge >= 0.3 is 5.97 Å². The molecule has 0 saturated carbocycles. The van der Waals surface area contributed by atoms with Crippen LogP contribution in [-0.2, 0) is 11.2 Å². The van der Waals surface area contributed by atoms with E-state index in [-0.39, 0.29) is 0 Å². The lowest BCUT2D eigenvalue weighted by molar-refractivity contribution is -0.151. The van der Waals surface area contributed by atoms with Crippen molar-refractivity contribution in [3.8, 4) is 0 Å². The highest BCUT2D eigenvalue weighted by atomic mass is 16.4. The number of nitrogens with zero attached hydrogens (tertiary/aromatic N) is 1. The van der Waals surface area contributed by atoms with Gasteiger partial charge in [0.2, 0.25) is 0 Å². The number of hydrogen-bond acceptors (Lipinski definition) is 2. The molecule has 0 amide bonds. The number of aliphatic carboxylic acids is 1. The van der Waals surface area contributed by atoms with E-state index in [0.29, 0.717) is 12.3 Å². The Morgan fingerprint density at radius 2 is 2.05 bits per heavy atom. The van der Waals surface area contributed by atoms with Crippen molar-refractivity contribution in [1.29, 1.82) is 0 Å². The normalized spacial score (nSPS) is 23.2. The minimum absolute atomic E-state index is 0.565. The van der Waals surface area contributed by atoms with E-state index in [2.05, 4.69) is 24.0 Å². The molecule has 1 heterocycles. The van der Waals surface area contributed by atoms with Crippen molar-refractivity contribution in [1.82, 2.24) is 4.90 Å². The number of benzene rings is 1. The van der Waals surface area contributed by atoms with Crippen molar-refractivity contribution in [2.75, 3.05) is 13.1 Å². The molecule has 1 aromatic rings. The number of carboxylic acids is 1. The largest absolute Gasteiger partial charge is 0.480 e. The number of rotatable bonds is 4. The molecule has 0 bridgehead atoms. The molecule has 1 aliphatic heterocycles. The van der Waals surface area contributed by atoms with Crippen molar-refractivity contribution in [2.45, 2.75) is 45.6 Å². The minimum Gasteiger partial charge on any atom is -0.480 e. The summed E-state index contributed by atoms with van der Waals surface area (Å²) in [7, 11) is 0. The van der Waals surface area contributed by atoms with Crippen LogP contribution in [0, 0.1) is 12.8 Å². The highest BCUT2D eigenvalue weighted by Gasteiger charge is 2.41. The van der Waals surface area contributed by atoms with Crippen LogP contribution in [0.2, 0.25) is 0 Å². The van der Waals surface area contributed by atoms with Crippen LogP contribution in [0.3, 0.4) is 0 Å². The molecule has 3 nitrogen and oxygen atoms in total. The van der Waals surface area contributed by atoms with Crippen LogP contribution < -0.4 is 0 Å². The van der Waals surface area contributed by atoms with E-state index >= 15 is 0 Å². The van der Waals surface area contributed by atoms with Gasteiger partial charge in [0.05, 0.1) is 0 Å². The molecule has 20 heavy (non-hydrogen) atoms. The fraction of sp³-hybridized carbons (Fsp3) is 0.588. The van der Waals surface area contributed by atoms with Gasteiger partial charge in [-0.15, -0.1) is 0 Å². The maximum atomic E-state index is 11.9. The fourth-order valence-corrected chi connectivity index (χ4v) is 3.06. The van der Waals surface area contributed by atoms with Crippen LogP contribution in [0.1, 0.15) is 37.8 Å². The Labute approximate surface area is 121 Å². The van der Waals surface area contributed by atoms with Gasteiger partial charge in [-0.05, 0) is 44.7 Å². The van der Waals surface area contributed by atoms with Gasteiger partial charge in [0.1, 0.15) is 5.54 Å². The highest BCUT2D eigenvalue weighted by Crippen LogP contribution is 2.27. The summed E-state index contributed by atoms with van der Waals surface area (Å²) in [6.45, 7) is 7.90. The summed E-state index contributed by atoms with van der Waals surface area (Å²) in [5, 5.41) is 9.75. The second-order valence-corrected chi connectivity index (χ2v) is 6.43. The minimum atomic E-state index is -0.802. The lowest BCUT2D eigenvalue weighted by atomic mass is 9.87. The van der Waals surface area contributed by atoms with E-state index in [1.807, 2.05) is 26.0 Å². The Hall–Kier alpha value is -1.35. The molecule has 0 aliphatic carbocycles. The van der Waals surface area contributed by atoms with Crippen molar-refractivity contribution >= 4 is 5.97 Å². The number of piperidine rings is 1. The smallest absolute Gasteiger partial charge is 0.324 e. The predicted molar refractivity (Wildman–Crippen MR) is 80.9 cm³/mol. The standard InChI is InChI=1S/C17H25NO2/c1-13-6-8-15(9-7-13)11-17(3,16(19)20)18-10-4-5-14(2)12-18/h6-9,14H,4-5,10-12H2,1-3H3,(H,19,20). The number of carboxylic acid groups (broad SMARTS) is 1. The topological polar surface area (TPSA) is 40.5 Å². The van der Waals surface area contributed by atoms with Crippen molar-refractivity contribution in [2.24, 2.45) is 5.92 Å². The molecule has 3 heteroatoms. The van der Waals surface area contributed by atoms with Crippen LogP contribution in [-0.4, -0.2) is 34.6 Å². The first kappa shape index (κ1) is 15.0. The molecular formula is C17H25NO2. The number of aryl methyl sites for hydroxylation is 1. The lowest BCUT2D eigenvalue weighted by Gasteiger charge is -2.42. The zero-order valence-electron chi connectivity index (χ0n) is 12.7. The first-order valence-electron chi connectivity index (χ1n) is 7.46. The molecule has 1 aliphatic rings.